The summed E-state index contributed by atoms with van der Waals surface area (Å²) in [5.41, 5.74) is 4.09. The molecule has 0 aliphatic rings. The maximum atomic E-state index is 12.5. The van der Waals surface area contributed by atoms with Crippen LogP contribution in [0.1, 0.15) is 12.5 Å². The Bertz CT molecular complexity index is 365. The first-order valence-corrected chi connectivity index (χ1v) is 4.94. The van der Waals surface area contributed by atoms with Crippen LogP contribution in [0.4, 0.5) is 18.9 Å². The molecule has 0 aliphatic carbocycles. The van der Waals surface area contributed by atoms with Crippen molar-refractivity contribution < 1.29 is 17.9 Å². The highest BCUT2D eigenvalue weighted by Crippen LogP contribution is 2.39. The van der Waals surface area contributed by atoms with Gasteiger partial charge in [-0.05, 0) is 35.0 Å². The minimum Gasteiger partial charge on any atom is -0.494 e. The standard InChI is InChI=1S/C9H9BrF3NO/c1-2-15-5-3-6(9(11,12)13)8(14)7(10)4-5/h3-4H,2,14H2,1H3. The Hall–Kier alpha value is -0.910. The minimum atomic E-state index is -4.47. The van der Waals surface area contributed by atoms with E-state index in [4.69, 9.17) is 10.5 Å². The van der Waals surface area contributed by atoms with Gasteiger partial charge in [0.15, 0.2) is 0 Å². The molecule has 1 rings (SSSR count). The first-order chi connectivity index (χ1) is 6.86. The Morgan fingerprint density at radius 3 is 2.47 bits per heavy atom. The molecule has 0 saturated carbocycles. The summed E-state index contributed by atoms with van der Waals surface area (Å²) in [6, 6.07) is 2.30. The van der Waals surface area contributed by atoms with Crippen molar-refractivity contribution in [3.05, 3.63) is 22.2 Å². The molecule has 0 amide bonds. The number of nitrogen functional groups attached to an aromatic ring is 1. The van der Waals surface area contributed by atoms with Crippen LogP contribution in [0.25, 0.3) is 0 Å². The Morgan fingerprint density at radius 2 is 2.00 bits per heavy atom. The van der Waals surface area contributed by atoms with E-state index in [0.29, 0.717) is 6.61 Å². The zero-order chi connectivity index (χ0) is 11.6. The topological polar surface area (TPSA) is 35.2 Å². The van der Waals surface area contributed by atoms with Gasteiger partial charge in [-0.15, -0.1) is 0 Å². The highest BCUT2D eigenvalue weighted by Gasteiger charge is 2.34. The van der Waals surface area contributed by atoms with Crippen molar-refractivity contribution in [1.29, 1.82) is 0 Å². The van der Waals surface area contributed by atoms with Gasteiger partial charge in [0.05, 0.1) is 17.9 Å². The fraction of sp³-hybridized carbons (Fsp3) is 0.333. The van der Waals surface area contributed by atoms with E-state index in [1.807, 2.05) is 0 Å². The van der Waals surface area contributed by atoms with Gasteiger partial charge in [0.1, 0.15) is 5.75 Å². The highest BCUT2D eigenvalue weighted by atomic mass is 79.9. The number of nitrogens with two attached hydrogens (primary N) is 1. The monoisotopic (exact) mass is 283 g/mol. The lowest BCUT2D eigenvalue weighted by atomic mass is 10.1. The summed E-state index contributed by atoms with van der Waals surface area (Å²) < 4.78 is 42.7. The van der Waals surface area contributed by atoms with Crippen LogP contribution < -0.4 is 10.5 Å². The summed E-state index contributed by atoms with van der Waals surface area (Å²) >= 11 is 2.95. The molecule has 2 N–H and O–H groups in total. The largest absolute Gasteiger partial charge is 0.494 e. The van der Waals surface area contributed by atoms with Crippen LogP contribution in [-0.4, -0.2) is 6.61 Å². The molecule has 1 aromatic rings. The molecule has 0 aromatic heterocycles. The number of hydrogen-bond acceptors (Lipinski definition) is 2. The van der Waals surface area contributed by atoms with Gasteiger partial charge in [0.25, 0.3) is 0 Å². The number of benzene rings is 1. The lowest BCUT2D eigenvalue weighted by Crippen LogP contribution is -2.10. The quantitative estimate of drug-likeness (QED) is 0.844. The van der Waals surface area contributed by atoms with Gasteiger partial charge < -0.3 is 10.5 Å². The average Bonchev–Trinajstić information content (AvgIpc) is 2.09. The maximum Gasteiger partial charge on any atom is 0.418 e. The van der Waals surface area contributed by atoms with Crippen LogP contribution >= 0.6 is 15.9 Å². The van der Waals surface area contributed by atoms with Crippen LogP contribution in [0, 0.1) is 0 Å². The van der Waals surface area contributed by atoms with Gasteiger partial charge in [-0.25, -0.2) is 0 Å². The molecule has 0 aliphatic heterocycles. The fourth-order valence-corrected chi connectivity index (χ4v) is 1.52. The Balaban J connectivity index is 3.25. The number of anilines is 1. The van der Waals surface area contributed by atoms with Crippen molar-refractivity contribution in [2.75, 3.05) is 12.3 Å². The lowest BCUT2D eigenvalue weighted by Gasteiger charge is -2.13. The molecule has 0 heterocycles. The molecule has 0 bridgehead atoms. The summed E-state index contributed by atoms with van der Waals surface area (Å²) in [4.78, 5) is 0. The zero-order valence-corrected chi connectivity index (χ0v) is 9.45. The minimum absolute atomic E-state index is 0.144. The number of halogens is 4. The van der Waals surface area contributed by atoms with Gasteiger partial charge in [-0.1, -0.05) is 0 Å². The summed E-state index contributed by atoms with van der Waals surface area (Å²) in [7, 11) is 0. The maximum absolute atomic E-state index is 12.5. The highest BCUT2D eigenvalue weighted by molar-refractivity contribution is 9.10. The molecule has 0 radical (unpaired) electrons. The Kier molecular flexibility index (Phi) is 3.49. The van der Waals surface area contributed by atoms with Gasteiger partial charge in [0.2, 0.25) is 0 Å². The molecular formula is C9H9BrF3NO. The van der Waals surface area contributed by atoms with Gasteiger partial charge in [0, 0.05) is 4.47 Å². The molecule has 6 heteroatoms. The first kappa shape index (κ1) is 12.2. The predicted molar refractivity (Wildman–Crippen MR) is 54.7 cm³/mol. The van der Waals surface area contributed by atoms with Gasteiger partial charge in [-0.3, -0.25) is 0 Å². The van der Waals surface area contributed by atoms with Crippen LogP contribution in [-0.2, 0) is 6.18 Å². The van der Waals surface area contributed by atoms with E-state index in [2.05, 4.69) is 15.9 Å². The van der Waals surface area contributed by atoms with Crippen molar-refractivity contribution >= 4 is 21.6 Å². The third kappa shape index (κ3) is 2.77. The molecule has 0 saturated heterocycles. The molecule has 0 spiro atoms. The summed E-state index contributed by atoms with van der Waals surface area (Å²) in [6.07, 6.45) is -4.47. The fourth-order valence-electron chi connectivity index (χ4n) is 1.08. The van der Waals surface area contributed by atoms with Gasteiger partial charge >= 0.3 is 6.18 Å². The molecule has 0 atom stereocenters. The third-order valence-electron chi connectivity index (χ3n) is 1.72. The normalized spacial score (nSPS) is 11.5. The van der Waals surface area contributed by atoms with Crippen LogP contribution in [0.15, 0.2) is 16.6 Å². The molecule has 84 valence electrons. The molecule has 1 aromatic carbocycles. The third-order valence-corrected chi connectivity index (χ3v) is 2.38. The van der Waals surface area contributed by atoms with Crippen LogP contribution in [0.3, 0.4) is 0 Å². The first-order valence-electron chi connectivity index (χ1n) is 4.15. The molecule has 15 heavy (non-hydrogen) atoms. The second kappa shape index (κ2) is 4.30. The van der Waals surface area contributed by atoms with E-state index >= 15 is 0 Å². The zero-order valence-electron chi connectivity index (χ0n) is 7.86. The molecule has 0 fully saturated rings. The summed E-state index contributed by atoms with van der Waals surface area (Å²) in [5, 5.41) is 0. The Labute approximate surface area is 93.3 Å². The molecule has 0 unspecified atom stereocenters. The number of rotatable bonds is 2. The van der Waals surface area contributed by atoms with Crippen molar-refractivity contribution in [3.63, 3.8) is 0 Å². The smallest absolute Gasteiger partial charge is 0.418 e. The van der Waals surface area contributed by atoms with Crippen LogP contribution in [0.5, 0.6) is 5.75 Å². The van der Waals surface area contributed by atoms with E-state index in [1.165, 1.54) is 6.07 Å². The Morgan fingerprint density at radius 1 is 1.40 bits per heavy atom. The number of hydrogen-bond donors (Lipinski definition) is 1. The van der Waals surface area contributed by atoms with Crippen molar-refractivity contribution in [3.8, 4) is 5.75 Å². The number of ether oxygens (including phenoxy) is 1. The van der Waals surface area contributed by atoms with Crippen molar-refractivity contribution in [1.82, 2.24) is 0 Å². The van der Waals surface area contributed by atoms with Gasteiger partial charge in [-0.2, -0.15) is 13.2 Å². The lowest BCUT2D eigenvalue weighted by molar-refractivity contribution is -0.137. The van der Waals surface area contributed by atoms with Crippen molar-refractivity contribution in [2.24, 2.45) is 0 Å². The predicted octanol–water partition coefficient (Wildman–Crippen LogP) is 3.45. The van der Waals surface area contributed by atoms with Crippen molar-refractivity contribution in [2.45, 2.75) is 13.1 Å². The molecule has 2 nitrogen and oxygen atoms in total. The van der Waals surface area contributed by atoms with Crippen LogP contribution in [0.2, 0.25) is 0 Å². The van der Waals surface area contributed by atoms with E-state index in [9.17, 15) is 13.2 Å². The second-order valence-corrected chi connectivity index (χ2v) is 3.65. The van der Waals surface area contributed by atoms with E-state index in [-0.39, 0.29) is 15.9 Å². The summed E-state index contributed by atoms with van der Waals surface area (Å²) in [6.45, 7) is 1.99. The van der Waals surface area contributed by atoms with E-state index < -0.39 is 11.7 Å². The van der Waals surface area contributed by atoms with E-state index in [1.54, 1.807) is 6.92 Å². The SMILES string of the molecule is CCOc1cc(Br)c(N)c(C(F)(F)F)c1. The summed E-state index contributed by atoms with van der Waals surface area (Å²) in [5.74, 6) is 0.144. The van der Waals surface area contributed by atoms with E-state index in [0.717, 1.165) is 6.07 Å². The number of alkyl halides is 3. The second-order valence-electron chi connectivity index (χ2n) is 2.80. The average molecular weight is 284 g/mol. The molecular weight excluding hydrogens is 275 g/mol.